The molecular weight excluding hydrogens is 446 g/mol. The number of carbonyl (C=O) groups excluding carboxylic acids is 1. The summed E-state index contributed by atoms with van der Waals surface area (Å²) in [6.45, 7) is 5.87. The number of nitrogens with one attached hydrogen (secondary N) is 2. The third-order valence-corrected chi connectivity index (χ3v) is 7.31. The number of aromatic nitrogens is 3. The lowest BCUT2D eigenvalue weighted by Gasteiger charge is -2.22. The Hall–Kier alpha value is -2.69. The molecule has 0 saturated carbocycles. The van der Waals surface area contributed by atoms with Gasteiger partial charge in [-0.3, -0.25) is 9.89 Å². The van der Waals surface area contributed by atoms with Crippen molar-refractivity contribution in [2.75, 3.05) is 18.8 Å². The van der Waals surface area contributed by atoms with Crippen LogP contribution in [0.25, 0.3) is 0 Å². The summed E-state index contributed by atoms with van der Waals surface area (Å²) >= 11 is 1.41. The molecule has 32 heavy (non-hydrogen) atoms. The van der Waals surface area contributed by atoms with Gasteiger partial charge in [-0.15, -0.1) is 5.10 Å². The fourth-order valence-electron chi connectivity index (χ4n) is 3.03. The zero-order valence-corrected chi connectivity index (χ0v) is 20.0. The van der Waals surface area contributed by atoms with Gasteiger partial charge in [0.1, 0.15) is 5.82 Å². The number of benzene rings is 2. The number of aromatic amines is 1. The third kappa shape index (κ3) is 6.65. The number of rotatable bonds is 10. The van der Waals surface area contributed by atoms with E-state index in [1.165, 1.54) is 16.1 Å². The number of amides is 1. The number of aryl methyl sites for hydroxylation is 3. The van der Waals surface area contributed by atoms with Crippen LogP contribution in [0.2, 0.25) is 0 Å². The number of sulfonamides is 1. The van der Waals surface area contributed by atoms with Gasteiger partial charge in [0, 0.05) is 18.8 Å². The highest BCUT2D eigenvalue weighted by Gasteiger charge is 2.27. The van der Waals surface area contributed by atoms with Gasteiger partial charge in [-0.05, 0) is 38.5 Å². The van der Waals surface area contributed by atoms with Crippen LogP contribution in [0.4, 0.5) is 0 Å². The first-order valence-electron chi connectivity index (χ1n) is 10.1. The molecule has 8 nitrogen and oxygen atoms in total. The Kier molecular flexibility index (Phi) is 8.05. The highest BCUT2D eigenvalue weighted by molar-refractivity contribution is 7.99. The van der Waals surface area contributed by atoms with Gasteiger partial charge >= 0.3 is 0 Å². The fourth-order valence-corrected chi connectivity index (χ4v) is 5.12. The molecule has 0 aliphatic rings. The van der Waals surface area contributed by atoms with Crippen molar-refractivity contribution < 1.29 is 13.2 Å². The van der Waals surface area contributed by atoms with Crippen molar-refractivity contribution in [1.82, 2.24) is 24.8 Å². The van der Waals surface area contributed by atoms with Gasteiger partial charge in [-0.25, -0.2) is 13.4 Å². The predicted molar refractivity (Wildman–Crippen MR) is 125 cm³/mol. The molecular formula is C22H27N5O3S2. The van der Waals surface area contributed by atoms with Gasteiger partial charge in [-0.1, -0.05) is 59.3 Å². The quantitative estimate of drug-likeness (QED) is 0.346. The summed E-state index contributed by atoms with van der Waals surface area (Å²) in [7, 11) is -3.85. The second-order valence-corrected chi connectivity index (χ2v) is 10.5. The molecule has 1 amide bonds. The molecule has 0 aliphatic carbocycles. The molecule has 2 aromatic carbocycles. The number of hydrogen-bond acceptors (Lipinski definition) is 6. The van der Waals surface area contributed by atoms with Crippen molar-refractivity contribution >= 4 is 27.7 Å². The van der Waals surface area contributed by atoms with Crippen LogP contribution < -0.4 is 5.32 Å². The number of hydrogen-bond donors (Lipinski definition) is 2. The van der Waals surface area contributed by atoms with E-state index < -0.39 is 10.0 Å². The summed E-state index contributed by atoms with van der Waals surface area (Å²) < 4.78 is 27.8. The van der Waals surface area contributed by atoms with Crippen LogP contribution in [-0.4, -0.2) is 52.7 Å². The summed E-state index contributed by atoms with van der Waals surface area (Å²) in [5, 5.41) is 10.2. The molecule has 3 aromatic rings. The van der Waals surface area contributed by atoms with E-state index in [-0.39, 0.29) is 23.9 Å². The van der Waals surface area contributed by atoms with Crippen LogP contribution in [0.5, 0.6) is 0 Å². The monoisotopic (exact) mass is 473 g/mol. The smallest absolute Gasteiger partial charge is 0.243 e. The Bertz CT molecular complexity index is 1160. The topological polar surface area (TPSA) is 108 Å². The maximum Gasteiger partial charge on any atom is 0.243 e. The van der Waals surface area contributed by atoms with Crippen molar-refractivity contribution in [1.29, 1.82) is 0 Å². The second kappa shape index (κ2) is 10.8. The molecule has 0 saturated heterocycles. The van der Waals surface area contributed by atoms with E-state index in [9.17, 15) is 13.2 Å². The first-order valence-corrected chi connectivity index (χ1v) is 12.6. The Morgan fingerprint density at radius 2 is 1.84 bits per heavy atom. The highest BCUT2D eigenvalue weighted by Crippen LogP contribution is 2.19. The summed E-state index contributed by atoms with van der Waals surface area (Å²) in [5.41, 5.74) is 2.81. The zero-order valence-electron chi connectivity index (χ0n) is 18.3. The van der Waals surface area contributed by atoms with E-state index in [1.54, 1.807) is 24.3 Å². The van der Waals surface area contributed by atoms with Crippen molar-refractivity contribution in [3.05, 3.63) is 71.0 Å². The van der Waals surface area contributed by atoms with Gasteiger partial charge in [0.05, 0.1) is 11.4 Å². The standard InChI is InChI=1S/C22H27N5O3S2/c1-16-7-9-20(10-8-16)32(29,30)27(14-19-6-4-5-17(2)13-19)15-21(28)23-11-12-31-22-24-18(3)25-26-22/h4-10,13H,11-12,14-15H2,1-3H3,(H,23,28)(H,24,25,26). The van der Waals surface area contributed by atoms with Gasteiger partial charge in [0.25, 0.3) is 0 Å². The van der Waals surface area contributed by atoms with Gasteiger partial charge in [0.2, 0.25) is 21.1 Å². The fraction of sp³-hybridized carbons (Fsp3) is 0.318. The number of H-pyrrole nitrogens is 1. The van der Waals surface area contributed by atoms with E-state index in [4.69, 9.17) is 0 Å². The average molecular weight is 474 g/mol. The lowest BCUT2D eigenvalue weighted by atomic mass is 10.1. The molecule has 0 bridgehead atoms. The van der Waals surface area contributed by atoms with E-state index in [1.807, 2.05) is 45.0 Å². The van der Waals surface area contributed by atoms with E-state index in [0.29, 0.717) is 17.5 Å². The second-order valence-electron chi connectivity index (χ2n) is 7.48. The van der Waals surface area contributed by atoms with Crippen LogP contribution >= 0.6 is 11.8 Å². The van der Waals surface area contributed by atoms with Crippen molar-refractivity contribution in [2.45, 2.75) is 37.4 Å². The van der Waals surface area contributed by atoms with Crippen molar-refractivity contribution in [3.63, 3.8) is 0 Å². The lowest BCUT2D eigenvalue weighted by molar-refractivity contribution is -0.121. The van der Waals surface area contributed by atoms with E-state index in [0.717, 1.165) is 22.5 Å². The Morgan fingerprint density at radius 1 is 1.09 bits per heavy atom. The minimum absolute atomic E-state index is 0.108. The third-order valence-electron chi connectivity index (χ3n) is 4.65. The van der Waals surface area contributed by atoms with Gasteiger partial charge in [-0.2, -0.15) is 4.31 Å². The largest absolute Gasteiger partial charge is 0.354 e. The molecule has 0 spiro atoms. The summed E-state index contributed by atoms with van der Waals surface area (Å²) in [4.78, 5) is 17.0. The minimum atomic E-state index is -3.85. The van der Waals surface area contributed by atoms with Crippen molar-refractivity contribution in [3.8, 4) is 0 Å². The minimum Gasteiger partial charge on any atom is -0.354 e. The van der Waals surface area contributed by atoms with Gasteiger partial charge < -0.3 is 5.32 Å². The zero-order chi connectivity index (χ0) is 23.1. The van der Waals surface area contributed by atoms with E-state index >= 15 is 0 Å². The highest BCUT2D eigenvalue weighted by atomic mass is 32.2. The van der Waals surface area contributed by atoms with E-state index in [2.05, 4.69) is 20.5 Å². The lowest BCUT2D eigenvalue weighted by Crippen LogP contribution is -2.41. The molecule has 0 unspecified atom stereocenters. The molecule has 170 valence electrons. The molecule has 10 heteroatoms. The molecule has 2 N–H and O–H groups in total. The molecule has 0 aliphatic heterocycles. The summed E-state index contributed by atoms with van der Waals surface area (Å²) in [5.74, 6) is 0.941. The Labute approximate surface area is 192 Å². The number of thioether (sulfide) groups is 1. The van der Waals surface area contributed by atoms with Crippen LogP contribution in [0, 0.1) is 20.8 Å². The molecule has 0 atom stereocenters. The molecule has 0 fully saturated rings. The van der Waals surface area contributed by atoms with Crippen LogP contribution in [0.3, 0.4) is 0 Å². The van der Waals surface area contributed by atoms with Crippen LogP contribution in [0.15, 0.2) is 58.6 Å². The number of carbonyl (C=O) groups is 1. The predicted octanol–water partition coefficient (Wildman–Crippen LogP) is 2.83. The van der Waals surface area contributed by atoms with Crippen molar-refractivity contribution in [2.24, 2.45) is 0 Å². The van der Waals surface area contributed by atoms with Crippen LogP contribution in [0.1, 0.15) is 22.5 Å². The molecule has 1 heterocycles. The maximum atomic E-state index is 13.3. The summed E-state index contributed by atoms with van der Waals surface area (Å²) in [6.07, 6.45) is 0. The first-order chi connectivity index (χ1) is 15.2. The molecule has 3 rings (SSSR count). The SMILES string of the molecule is Cc1ccc(S(=O)(=O)N(CC(=O)NCCSc2n[nH]c(C)n2)Cc2cccc(C)c2)cc1. The summed E-state index contributed by atoms with van der Waals surface area (Å²) in [6, 6.07) is 14.2. The Balaban J connectivity index is 1.68. The van der Waals surface area contributed by atoms with Gasteiger partial charge in [0.15, 0.2) is 0 Å². The first kappa shape index (κ1) is 24.0. The molecule has 0 radical (unpaired) electrons. The normalized spacial score (nSPS) is 11.6. The van der Waals surface area contributed by atoms with Crippen LogP contribution in [-0.2, 0) is 21.4 Å². The number of nitrogens with zero attached hydrogens (tertiary/aromatic N) is 3. The molecule has 1 aromatic heterocycles. The Morgan fingerprint density at radius 3 is 2.50 bits per heavy atom. The maximum absolute atomic E-state index is 13.3. The average Bonchev–Trinajstić information content (AvgIpc) is 3.16.